The summed E-state index contributed by atoms with van der Waals surface area (Å²) in [6, 6.07) is 11.6. The first-order valence-electron chi connectivity index (χ1n) is 9.93. The molecule has 31 heavy (non-hydrogen) atoms. The number of hydrogen-bond donors (Lipinski definition) is 1. The lowest BCUT2D eigenvalue weighted by Crippen LogP contribution is -2.42. The van der Waals surface area contributed by atoms with Crippen molar-refractivity contribution in [1.29, 1.82) is 5.26 Å². The molecule has 0 bridgehead atoms. The van der Waals surface area contributed by atoms with Crippen molar-refractivity contribution in [1.82, 2.24) is 4.98 Å². The van der Waals surface area contributed by atoms with Gasteiger partial charge in [-0.2, -0.15) is 5.26 Å². The van der Waals surface area contributed by atoms with Crippen molar-refractivity contribution in [3.63, 3.8) is 0 Å². The molecule has 0 spiro atoms. The number of pyridine rings is 1. The zero-order valence-corrected chi connectivity index (χ0v) is 19.7. The highest BCUT2D eigenvalue weighted by Crippen LogP contribution is 2.44. The van der Waals surface area contributed by atoms with Gasteiger partial charge in [0.25, 0.3) is 0 Å². The molecule has 162 valence electrons. The van der Waals surface area contributed by atoms with E-state index in [4.69, 9.17) is 11.6 Å². The third kappa shape index (κ3) is 4.92. The molecule has 2 aromatic rings. The van der Waals surface area contributed by atoms with Crippen molar-refractivity contribution in [3.05, 3.63) is 64.6 Å². The molecule has 1 aromatic carbocycles. The van der Waals surface area contributed by atoms with Gasteiger partial charge in [-0.3, -0.25) is 9.98 Å². The summed E-state index contributed by atoms with van der Waals surface area (Å²) in [5.41, 5.74) is 1.13. The topological polar surface area (TPSA) is 81.6 Å². The van der Waals surface area contributed by atoms with Gasteiger partial charge in [-0.15, -0.1) is 0 Å². The van der Waals surface area contributed by atoms with Gasteiger partial charge in [0.05, 0.1) is 17.2 Å². The third-order valence-corrected chi connectivity index (χ3v) is 5.80. The van der Waals surface area contributed by atoms with E-state index in [1.165, 1.54) is 6.34 Å². The van der Waals surface area contributed by atoms with Gasteiger partial charge >= 0.3 is 0 Å². The number of nitrogens with zero attached hydrogens (tertiary/aromatic N) is 4. The van der Waals surface area contributed by atoms with Gasteiger partial charge in [0.15, 0.2) is 0 Å². The lowest BCUT2D eigenvalue weighted by Gasteiger charge is -2.40. The lowest BCUT2D eigenvalue weighted by molar-refractivity contribution is -0.0334. The van der Waals surface area contributed by atoms with E-state index in [1.807, 2.05) is 65.8 Å². The molecule has 1 unspecified atom stereocenters. The predicted octanol–water partition coefficient (Wildman–Crippen LogP) is 6.07. The van der Waals surface area contributed by atoms with Gasteiger partial charge < -0.3 is 5.11 Å². The van der Waals surface area contributed by atoms with E-state index in [1.54, 1.807) is 18.5 Å². The molecule has 0 radical (unpaired) electrons. The van der Waals surface area contributed by atoms with Crippen LogP contribution in [0.4, 0.5) is 0 Å². The third-order valence-electron chi connectivity index (χ3n) is 5.49. The first-order chi connectivity index (χ1) is 14.4. The van der Waals surface area contributed by atoms with E-state index >= 15 is 0 Å². The molecule has 0 aliphatic rings. The van der Waals surface area contributed by atoms with Crippen LogP contribution < -0.4 is 0 Å². The Labute approximate surface area is 189 Å². The fourth-order valence-electron chi connectivity index (χ4n) is 3.43. The van der Waals surface area contributed by atoms with Crippen molar-refractivity contribution in [2.24, 2.45) is 15.4 Å². The standard InChI is InChI=1S/C25H29ClN4O/c1-17(13-29-16-28-7)25(31,23(2,3)4)22-11-8-18(14-30-22)20-10-9-19(12-21(20)26)24(5,6)15-27/h8-14,16,31H,7H2,1-6H3/b17-13+,29-16?. The van der Waals surface area contributed by atoms with Gasteiger partial charge in [0.2, 0.25) is 0 Å². The Morgan fingerprint density at radius 1 is 1.19 bits per heavy atom. The van der Waals surface area contributed by atoms with Gasteiger partial charge in [0.1, 0.15) is 11.9 Å². The van der Waals surface area contributed by atoms with Crippen LogP contribution in [0.1, 0.15) is 52.8 Å². The summed E-state index contributed by atoms with van der Waals surface area (Å²) in [6.45, 7) is 14.7. The molecule has 1 N–H and O–H groups in total. The van der Waals surface area contributed by atoms with E-state index in [2.05, 4.69) is 27.8 Å². The SMILES string of the molecule is C=NC=N/C=C(\C)C(O)(c1ccc(-c2ccc(C(C)(C)C#N)cc2Cl)cn1)C(C)(C)C. The molecule has 5 nitrogen and oxygen atoms in total. The molecular formula is C25H29ClN4O. The summed E-state index contributed by atoms with van der Waals surface area (Å²) in [4.78, 5) is 12.2. The Balaban J connectivity index is 2.50. The minimum Gasteiger partial charge on any atom is -0.379 e. The maximum Gasteiger partial charge on any atom is 0.134 e. The van der Waals surface area contributed by atoms with Gasteiger partial charge in [-0.05, 0) is 50.8 Å². The summed E-state index contributed by atoms with van der Waals surface area (Å²) in [7, 11) is 0. The first-order valence-corrected chi connectivity index (χ1v) is 10.3. The number of halogens is 1. The summed E-state index contributed by atoms with van der Waals surface area (Å²) >= 11 is 6.53. The summed E-state index contributed by atoms with van der Waals surface area (Å²) in [5, 5.41) is 21.6. The number of nitriles is 1. The van der Waals surface area contributed by atoms with Crippen LogP contribution in [0.5, 0.6) is 0 Å². The molecule has 0 saturated heterocycles. The van der Waals surface area contributed by atoms with Crippen molar-refractivity contribution >= 4 is 24.7 Å². The minimum atomic E-state index is -1.34. The molecule has 0 aliphatic carbocycles. The highest BCUT2D eigenvalue weighted by molar-refractivity contribution is 6.33. The number of benzene rings is 1. The summed E-state index contributed by atoms with van der Waals surface area (Å²) in [5.74, 6) is 0. The number of aliphatic hydroxyl groups is 1. The second kappa shape index (κ2) is 9.13. The highest BCUT2D eigenvalue weighted by Gasteiger charge is 2.44. The van der Waals surface area contributed by atoms with Crippen LogP contribution in [-0.2, 0) is 11.0 Å². The molecule has 0 fully saturated rings. The van der Waals surface area contributed by atoms with Gasteiger partial charge in [-0.25, -0.2) is 4.99 Å². The van der Waals surface area contributed by atoms with E-state index in [-0.39, 0.29) is 0 Å². The fraction of sp³-hybridized carbons (Fsp3) is 0.360. The normalized spacial score (nSPS) is 14.9. The highest BCUT2D eigenvalue weighted by atomic mass is 35.5. The molecule has 0 amide bonds. The second-order valence-electron chi connectivity index (χ2n) is 9.08. The Morgan fingerprint density at radius 2 is 1.87 bits per heavy atom. The van der Waals surface area contributed by atoms with E-state index in [0.29, 0.717) is 16.3 Å². The molecule has 6 heteroatoms. The van der Waals surface area contributed by atoms with Gasteiger partial charge in [-0.1, -0.05) is 50.6 Å². The van der Waals surface area contributed by atoms with Crippen molar-refractivity contribution in [2.45, 2.75) is 52.6 Å². The Hall–Kier alpha value is -2.81. The molecule has 0 aliphatic heterocycles. The molecule has 1 atom stereocenters. The minimum absolute atomic E-state index is 0.512. The maximum absolute atomic E-state index is 11.6. The van der Waals surface area contributed by atoms with Crippen LogP contribution in [-0.4, -0.2) is 23.1 Å². The number of hydrogen-bond acceptors (Lipinski definition) is 4. The summed E-state index contributed by atoms with van der Waals surface area (Å²) < 4.78 is 0. The number of aliphatic imine (C=N–C) groups is 2. The van der Waals surface area contributed by atoms with Crippen molar-refractivity contribution in [3.8, 4) is 17.2 Å². The Morgan fingerprint density at radius 3 is 2.35 bits per heavy atom. The molecule has 1 heterocycles. The van der Waals surface area contributed by atoms with E-state index in [9.17, 15) is 10.4 Å². The molecule has 0 saturated carbocycles. The zero-order valence-electron chi connectivity index (χ0n) is 18.9. The van der Waals surface area contributed by atoms with Crippen molar-refractivity contribution < 1.29 is 5.11 Å². The first kappa shape index (κ1) is 24.5. The monoisotopic (exact) mass is 436 g/mol. The Bertz CT molecular complexity index is 1060. The van der Waals surface area contributed by atoms with Crippen LogP contribution in [0.15, 0.2) is 58.3 Å². The van der Waals surface area contributed by atoms with Crippen LogP contribution in [0.2, 0.25) is 5.02 Å². The largest absolute Gasteiger partial charge is 0.379 e. The van der Waals surface area contributed by atoms with E-state index in [0.717, 1.165) is 16.7 Å². The number of aromatic nitrogens is 1. The van der Waals surface area contributed by atoms with E-state index < -0.39 is 16.4 Å². The fourth-order valence-corrected chi connectivity index (χ4v) is 3.72. The molecule has 1 aromatic heterocycles. The molecule has 2 rings (SSSR count). The number of rotatable bonds is 6. The van der Waals surface area contributed by atoms with Crippen LogP contribution in [0.3, 0.4) is 0 Å². The quantitative estimate of drug-likeness (QED) is 0.440. The average molecular weight is 437 g/mol. The van der Waals surface area contributed by atoms with Crippen LogP contribution in [0.25, 0.3) is 11.1 Å². The predicted molar refractivity (Wildman–Crippen MR) is 128 cm³/mol. The average Bonchev–Trinajstić information content (AvgIpc) is 2.72. The van der Waals surface area contributed by atoms with Crippen molar-refractivity contribution in [2.75, 3.05) is 0 Å². The zero-order chi connectivity index (χ0) is 23.4. The van der Waals surface area contributed by atoms with Crippen LogP contribution >= 0.6 is 11.6 Å². The van der Waals surface area contributed by atoms with Gasteiger partial charge in [0, 0.05) is 34.0 Å². The lowest BCUT2D eigenvalue weighted by atomic mass is 9.70. The van der Waals surface area contributed by atoms with Crippen LogP contribution in [0, 0.1) is 16.7 Å². The smallest absolute Gasteiger partial charge is 0.134 e. The summed E-state index contributed by atoms with van der Waals surface area (Å²) in [6.07, 6.45) is 4.59. The molecular weight excluding hydrogens is 408 g/mol. The maximum atomic E-state index is 11.6. The second-order valence-corrected chi connectivity index (χ2v) is 9.49. The Kier molecular flexibility index (Phi) is 7.21.